The van der Waals surface area contributed by atoms with Crippen molar-refractivity contribution in [2.45, 2.75) is 13.5 Å². The van der Waals surface area contributed by atoms with Crippen molar-refractivity contribution in [2.24, 2.45) is 0 Å². The van der Waals surface area contributed by atoms with Crippen molar-refractivity contribution in [1.29, 1.82) is 0 Å². The van der Waals surface area contributed by atoms with Crippen molar-refractivity contribution in [1.82, 2.24) is 9.55 Å². The summed E-state index contributed by atoms with van der Waals surface area (Å²) in [6, 6.07) is 64.8. The van der Waals surface area contributed by atoms with Crippen molar-refractivity contribution in [3.63, 3.8) is 0 Å². The molecule has 53 heavy (non-hydrogen) atoms. The van der Waals surface area contributed by atoms with Gasteiger partial charge in [-0.15, -0.1) is 0 Å². The summed E-state index contributed by atoms with van der Waals surface area (Å²) in [5.74, 6) is 1.02. The van der Waals surface area contributed by atoms with Gasteiger partial charge in [0.15, 0.2) is 0 Å². The molecule has 248 valence electrons. The van der Waals surface area contributed by atoms with Gasteiger partial charge in [-0.2, -0.15) is 0 Å². The molecule has 2 nitrogen and oxygen atoms in total. The third kappa shape index (κ3) is 4.42. The summed E-state index contributed by atoms with van der Waals surface area (Å²) in [6.45, 7) is 3.06. The average Bonchev–Trinajstić information content (AvgIpc) is 3.60. The molecule has 2 heteroatoms. The van der Waals surface area contributed by atoms with Crippen LogP contribution in [0.5, 0.6) is 0 Å². The van der Waals surface area contributed by atoms with Crippen molar-refractivity contribution in [2.75, 3.05) is 0 Å². The number of nitrogens with zero attached hydrogens (tertiary/aromatic N) is 2. The van der Waals surface area contributed by atoms with Gasteiger partial charge in [-0.3, -0.25) is 0 Å². The lowest BCUT2D eigenvalue weighted by molar-refractivity contribution is 0.797. The Balaban J connectivity index is 1.11. The lowest BCUT2D eigenvalue weighted by Gasteiger charge is -2.17. The van der Waals surface area contributed by atoms with Gasteiger partial charge in [0.1, 0.15) is 5.82 Å². The Bertz CT molecular complexity index is 3260. The highest BCUT2D eigenvalue weighted by molar-refractivity contribution is 6.34. The maximum absolute atomic E-state index is 5.11. The number of aromatic nitrogens is 2. The molecule has 0 amide bonds. The molecule has 1 heterocycles. The Morgan fingerprint density at radius 1 is 0.396 bits per heavy atom. The fourth-order valence-electron chi connectivity index (χ4n) is 9.02. The van der Waals surface area contributed by atoms with Gasteiger partial charge in [-0.25, -0.2) is 4.98 Å². The second-order valence-electron chi connectivity index (χ2n) is 14.1. The van der Waals surface area contributed by atoms with Crippen LogP contribution in [0.25, 0.3) is 109 Å². The molecule has 0 spiro atoms. The average molecular weight is 675 g/mol. The van der Waals surface area contributed by atoms with Crippen LogP contribution in [0.3, 0.4) is 0 Å². The molecule has 0 aliphatic rings. The molecule has 0 N–H and O–H groups in total. The van der Waals surface area contributed by atoms with E-state index in [0.29, 0.717) is 0 Å². The quantitative estimate of drug-likeness (QED) is 0.170. The van der Waals surface area contributed by atoms with E-state index in [2.05, 4.69) is 187 Å². The van der Waals surface area contributed by atoms with Crippen molar-refractivity contribution >= 4 is 75.7 Å². The maximum atomic E-state index is 5.11. The standard InChI is InChI=1S/C51H34N2/c1-2-53-48-24-10-9-23-47(48)52-51(53)45-30-29-35(36-14-3-8-19-41(36)45)32-25-27-33(28-26-32)46-31-34-13-11-20-42-39-17-6-4-15-37(39)38-16-5-7-18-40(38)43-21-12-22-44(46)50(43)49(34)42/h3-31H,2H2,1H3. The predicted molar refractivity (Wildman–Crippen MR) is 227 cm³/mol. The topological polar surface area (TPSA) is 17.8 Å². The maximum Gasteiger partial charge on any atom is 0.141 e. The molecule has 0 bridgehead atoms. The summed E-state index contributed by atoms with van der Waals surface area (Å²) in [5, 5.41) is 15.3. The number of fused-ring (bicyclic) bond motifs is 7. The molecule has 1 aromatic heterocycles. The van der Waals surface area contributed by atoms with Gasteiger partial charge in [0.2, 0.25) is 0 Å². The van der Waals surface area contributed by atoms with Gasteiger partial charge < -0.3 is 4.57 Å². The Kier molecular flexibility index (Phi) is 6.56. The van der Waals surface area contributed by atoms with Crippen LogP contribution < -0.4 is 0 Å². The normalized spacial score (nSPS) is 11.9. The Morgan fingerprint density at radius 2 is 0.887 bits per heavy atom. The minimum atomic E-state index is 0.861. The zero-order valence-electron chi connectivity index (χ0n) is 29.3. The highest BCUT2D eigenvalue weighted by atomic mass is 15.1. The number of hydrogen-bond donors (Lipinski definition) is 0. The lowest BCUT2D eigenvalue weighted by Crippen LogP contribution is -1.98. The van der Waals surface area contributed by atoms with Crippen LogP contribution in [-0.2, 0) is 6.54 Å². The summed E-state index contributed by atoms with van der Waals surface area (Å²) in [5.41, 5.74) is 8.26. The predicted octanol–water partition coefficient (Wildman–Crippen LogP) is 14.0. The SMILES string of the molecule is CCn1c(-c2ccc(-c3ccc(-c4cc5cccc6c7ccccc7c7ccccc7c7cccc4c7c56)cc3)c3ccccc23)nc2ccccc21. The number of hydrogen-bond acceptors (Lipinski definition) is 1. The van der Waals surface area contributed by atoms with Crippen LogP contribution >= 0.6 is 0 Å². The molecule has 0 aliphatic heterocycles. The molecule has 11 rings (SSSR count). The second-order valence-corrected chi connectivity index (χ2v) is 14.1. The van der Waals surface area contributed by atoms with E-state index >= 15 is 0 Å². The summed E-state index contributed by atoms with van der Waals surface area (Å²) < 4.78 is 2.33. The van der Waals surface area contributed by atoms with E-state index in [-0.39, 0.29) is 0 Å². The fourth-order valence-corrected chi connectivity index (χ4v) is 9.02. The number of imidazole rings is 1. The molecule has 0 saturated heterocycles. The molecule has 0 radical (unpaired) electrons. The Labute approximate surface area is 307 Å². The van der Waals surface area contributed by atoms with Crippen LogP contribution in [0, 0.1) is 0 Å². The van der Waals surface area contributed by atoms with Gasteiger partial charge in [-0.1, -0.05) is 152 Å². The van der Waals surface area contributed by atoms with Crippen LogP contribution in [-0.4, -0.2) is 9.55 Å². The highest BCUT2D eigenvalue weighted by Crippen LogP contribution is 2.44. The summed E-state index contributed by atoms with van der Waals surface area (Å²) >= 11 is 0. The van der Waals surface area contributed by atoms with Crippen molar-refractivity contribution in [3.8, 4) is 33.6 Å². The molecule has 0 unspecified atom stereocenters. The molecule has 0 saturated carbocycles. The van der Waals surface area contributed by atoms with E-state index in [4.69, 9.17) is 4.98 Å². The minimum Gasteiger partial charge on any atom is -0.324 e. The second kappa shape index (κ2) is 11.6. The van der Waals surface area contributed by atoms with E-state index in [9.17, 15) is 0 Å². The number of aryl methyl sites for hydroxylation is 1. The van der Waals surface area contributed by atoms with Crippen molar-refractivity contribution in [3.05, 3.63) is 176 Å². The van der Waals surface area contributed by atoms with Crippen LogP contribution in [0.1, 0.15) is 6.92 Å². The van der Waals surface area contributed by atoms with E-state index < -0.39 is 0 Å². The smallest absolute Gasteiger partial charge is 0.141 e. The molecule has 0 fully saturated rings. The summed E-state index contributed by atoms with van der Waals surface area (Å²) in [4.78, 5) is 5.11. The lowest BCUT2D eigenvalue weighted by atomic mass is 9.86. The third-order valence-corrected chi connectivity index (χ3v) is 11.4. The first-order valence-electron chi connectivity index (χ1n) is 18.5. The number of rotatable bonds is 4. The monoisotopic (exact) mass is 674 g/mol. The zero-order chi connectivity index (χ0) is 35.0. The van der Waals surface area contributed by atoms with Gasteiger partial charge in [0, 0.05) is 12.1 Å². The van der Waals surface area contributed by atoms with E-state index in [0.717, 1.165) is 23.4 Å². The molecule has 0 atom stereocenters. The first-order valence-corrected chi connectivity index (χ1v) is 18.5. The molecule has 10 aromatic carbocycles. The minimum absolute atomic E-state index is 0.861. The van der Waals surface area contributed by atoms with Gasteiger partial charge >= 0.3 is 0 Å². The van der Waals surface area contributed by atoms with E-state index in [1.165, 1.54) is 92.4 Å². The van der Waals surface area contributed by atoms with Crippen LogP contribution in [0.4, 0.5) is 0 Å². The summed E-state index contributed by atoms with van der Waals surface area (Å²) in [7, 11) is 0. The highest BCUT2D eigenvalue weighted by Gasteiger charge is 2.18. The molecular formula is C51H34N2. The number of benzene rings is 9. The zero-order valence-corrected chi connectivity index (χ0v) is 29.3. The largest absolute Gasteiger partial charge is 0.324 e. The Morgan fingerprint density at radius 3 is 1.57 bits per heavy atom. The third-order valence-electron chi connectivity index (χ3n) is 11.4. The van der Waals surface area contributed by atoms with E-state index in [1.54, 1.807) is 0 Å². The van der Waals surface area contributed by atoms with Crippen LogP contribution in [0.15, 0.2) is 176 Å². The summed E-state index contributed by atoms with van der Waals surface area (Å²) in [6.07, 6.45) is 0. The Hall–Kier alpha value is -6.77. The molecule has 11 aromatic rings. The fraction of sp³-hybridized carbons (Fsp3) is 0.0392. The van der Waals surface area contributed by atoms with Gasteiger partial charge in [0.05, 0.1) is 11.0 Å². The van der Waals surface area contributed by atoms with Gasteiger partial charge in [0.25, 0.3) is 0 Å². The van der Waals surface area contributed by atoms with Crippen LogP contribution in [0.2, 0.25) is 0 Å². The van der Waals surface area contributed by atoms with Gasteiger partial charge in [-0.05, 0) is 118 Å². The molecule has 0 aliphatic carbocycles. The first kappa shape index (κ1) is 29.9. The van der Waals surface area contributed by atoms with E-state index in [1.807, 2.05) is 0 Å². The first-order chi connectivity index (χ1) is 26.3. The molecular weight excluding hydrogens is 641 g/mol. The van der Waals surface area contributed by atoms with Crippen molar-refractivity contribution < 1.29 is 0 Å². The number of para-hydroxylation sites is 2.